The lowest BCUT2D eigenvalue weighted by atomic mass is 9.76. The van der Waals surface area contributed by atoms with Crippen molar-refractivity contribution in [3.63, 3.8) is 0 Å². The van der Waals surface area contributed by atoms with Crippen molar-refractivity contribution in [1.29, 1.82) is 0 Å². The molecule has 0 unspecified atom stereocenters. The van der Waals surface area contributed by atoms with Crippen molar-refractivity contribution in [2.24, 2.45) is 5.41 Å². The fraction of sp³-hybridized carbons (Fsp3) is 0.462. The molecule has 10 nitrogen and oxygen atoms in total. The number of rotatable bonds is 6. The number of anilines is 2. The second-order valence-electron chi connectivity index (χ2n) is 10.4. The van der Waals surface area contributed by atoms with Crippen molar-refractivity contribution < 1.29 is 27.8 Å². The van der Waals surface area contributed by atoms with E-state index in [-0.39, 0.29) is 28.5 Å². The molecule has 0 amide bonds. The van der Waals surface area contributed by atoms with E-state index in [4.69, 9.17) is 10.5 Å². The molecule has 0 radical (unpaired) electrons. The molecule has 2 aromatic heterocycles. The average Bonchev–Trinajstić information content (AvgIpc) is 3.49. The van der Waals surface area contributed by atoms with E-state index in [0.29, 0.717) is 50.4 Å². The zero-order valence-electron chi connectivity index (χ0n) is 21.6. The van der Waals surface area contributed by atoms with Gasteiger partial charge in [0.2, 0.25) is 17.9 Å². The molecule has 0 aliphatic carbocycles. The molecule has 2 atom stereocenters. The number of aromatic nitrogens is 4. The molecule has 208 valence electrons. The van der Waals surface area contributed by atoms with Gasteiger partial charge in [0.15, 0.2) is 0 Å². The Morgan fingerprint density at radius 2 is 1.95 bits per heavy atom. The third-order valence-electron chi connectivity index (χ3n) is 7.49. The van der Waals surface area contributed by atoms with Crippen LogP contribution < -0.4 is 20.7 Å². The number of nitrogens with zero attached hydrogens (tertiary/aromatic N) is 5. The van der Waals surface area contributed by atoms with Gasteiger partial charge in [-0.1, -0.05) is 12.1 Å². The Hall–Kier alpha value is -3.87. The summed E-state index contributed by atoms with van der Waals surface area (Å²) in [5.74, 6) is -1.00. The number of nitrogens with one attached hydrogen (secondary N) is 1. The largest absolute Gasteiger partial charge is 0.480 e. The Kier molecular flexibility index (Phi) is 6.87. The van der Waals surface area contributed by atoms with Crippen LogP contribution in [0.25, 0.3) is 5.69 Å². The number of alkyl halides is 3. The Bertz CT molecular complexity index is 1370. The van der Waals surface area contributed by atoms with Crippen LogP contribution in [0.15, 0.2) is 36.5 Å². The molecule has 3 aromatic rings. The van der Waals surface area contributed by atoms with Gasteiger partial charge in [0.05, 0.1) is 11.4 Å². The lowest BCUT2D eigenvalue weighted by molar-refractivity contribution is -0.198. The van der Waals surface area contributed by atoms with Gasteiger partial charge in [-0.05, 0) is 56.2 Å². The minimum Gasteiger partial charge on any atom is -0.480 e. The molecular formula is C26H30F3N7O3. The van der Waals surface area contributed by atoms with E-state index in [1.807, 2.05) is 4.90 Å². The summed E-state index contributed by atoms with van der Waals surface area (Å²) >= 11 is 0. The maximum absolute atomic E-state index is 14.4. The first kappa shape index (κ1) is 26.7. The minimum atomic E-state index is -4.76. The monoisotopic (exact) mass is 545 g/mol. The molecule has 39 heavy (non-hydrogen) atoms. The maximum Gasteiger partial charge on any atom is 0.429 e. The topological polar surface area (TPSA) is 131 Å². The van der Waals surface area contributed by atoms with Crippen molar-refractivity contribution in [2.75, 3.05) is 30.3 Å². The molecule has 2 fully saturated rings. The Morgan fingerprint density at radius 1 is 1.21 bits per heavy atom. The van der Waals surface area contributed by atoms with E-state index in [9.17, 15) is 23.1 Å². The highest BCUT2D eigenvalue weighted by Crippen LogP contribution is 2.42. The molecule has 13 heteroatoms. The highest BCUT2D eigenvalue weighted by atomic mass is 19.4. The number of hydrogen-bond acceptors (Lipinski definition) is 8. The molecule has 4 heterocycles. The Balaban J connectivity index is 1.40. The maximum atomic E-state index is 14.4. The second kappa shape index (κ2) is 10.0. The van der Waals surface area contributed by atoms with E-state index < -0.39 is 24.3 Å². The second-order valence-corrected chi connectivity index (χ2v) is 10.4. The van der Waals surface area contributed by atoms with Crippen molar-refractivity contribution in [2.45, 2.75) is 51.4 Å². The summed E-state index contributed by atoms with van der Waals surface area (Å²) in [7, 11) is 0. The smallest absolute Gasteiger partial charge is 0.429 e. The highest BCUT2D eigenvalue weighted by molar-refractivity contribution is 5.74. The van der Waals surface area contributed by atoms with Gasteiger partial charge in [-0.25, -0.2) is 4.68 Å². The van der Waals surface area contributed by atoms with Crippen LogP contribution in [0.1, 0.15) is 42.2 Å². The third-order valence-corrected chi connectivity index (χ3v) is 7.49. The molecule has 1 spiro atoms. The van der Waals surface area contributed by atoms with E-state index >= 15 is 0 Å². The number of aliphatic carboxylic acids is 1. The number of hydrogen-bond donors (Lipinski definition) is 3. The number of benzene rings is 1. The molecule has 2 saturated heterocycles. The van der Waals surface area contributed by atoms with Crippen LogP contribution in [-0.4, -0.2) is 62.7 Å². The van der Waals surface area contributed by atoms with Crippen LogP contribution >= 0.6 is 0 Å². The van der Waals surface area contributed by atoms with Crippen LogP contribution in [0.4, 0.5) is 24.9 Å². The quantitative estimate of drug-likeness (QED) is 0.425. The lowest BCUT2D eigenvalue weighted by Crippen LogP contribution is -2.41. The van der Waals surface area contributed by atoms with Gasteiger partial charge in [0.25, 0.3) is 0 Å². The number of nitrogens with two attached hydrogens (primary N) is 1. The summed E-state index contributed by atoms with van der Waals surface area (Å²) in [5.41, 5.74) is 7.33. The molecule has 2 aliphatic heterocycles. The molecule has 1 aromatic carbocycles. The van der Waals surface area contributed by atoms with Crippen LogP contribution in [0.2, 0.25) is 0 Å². The predicted octanol–water partition coefficient (Wildman–Crippen LogP) is 3.58. The van der Waals surface area contributed by atoms with Crippen LogP contribution in [0.3, 0.4) is 0 Å². The number of carboxylic acid groups (broad SMARTS) is 1. The summed E-state index contributed by atoms with van der Waals surface area (Å²) in [5, 5.41) is 16.7. The molecule has 0 bridgehead atoms. The zero-order chi connectivity index (χ0) is 27.9. The first-order valence-electron chi connectivity index (χ1n) is 12.6. The summed E-state index contributed by atoms with van der Waals surface area (Å²) in [6, 6.07) is 7.11. The first-order chi connectivity index (χ1) is 18.4. The normalized spacial score (nSPS) is 19.8. The zero-order valence-corrected chi connectivity index (χ0v) is 21.6. The standard InChI is InChI=1S/C26H30F3N7O3/c1-15-3-4-17(19(11-15)36-8-5-16(2)34-36)22(26(27,28)29)39-21-12-20(32-24(30)33-21)35-9-6-25(7-10-35)13-18(23(37)38)31-14-25/h3-5,8,11-12,18,22,31H,6-7,9-10,13-14H2,1-2H3,(H,37,38)(H2,30,32,33)/t18-,22+/m0/s1. The Labute approximate surface area is 223 Å². The molecule has 0 saturated carbocycles. The number of carbonyl (C=O) groups is 1. The Morgan fingerprint density at radius 3 is 2.56 bits per heavy atom. The van der Waals surface area contributed by atoms with Crippen LogP contribution in [0, 0.1) is 19.3 Å². The number of nitrogen functional groups attached to an aromatic ring is 1. The molecule has 5 rings (SSSR count). The fourth-order valence-electron chi connectivity index (χ4n) is 5.39. The lowest BCUT2D eigenvalue weighted by Gasteiger charge is -2.39. The summed E-state index contributed by atoms with van der Waals surface area (Å²) < 4.78 is 50.2. The van der Waals surface area contributed by atoms with Gasteiger partial charge in [-0.2, -0.15) is 28.2 Å². The van der Waals surface area contributed by atoms with Gasteiger partial charge < -0.3 is 25.8 Å². The number of carboxylic acids is 1. The van der Waals surface area contributed by atoms with Crippen LogP contribution in [0.5, 0.6) is 5.88 Å². The fourth-order valence-corrected chi connectivity index (χ4v) is 5.39. The van der Waals surface area contributed by atoms with Crippen molar-refractivity contribution in [3.05, 3.63) is 53.3 Å². The van der Waals surface area contributed by atoms with E-state index in [1.165, 1.54) is 16.8 Å². The highest BCUT2D eigenvalue weighted by Gasteiger charge is 2.46. The van der Waals surface area contributed by atoms with E-state index in [0.717, 1.165) is 5.56 Å². The van der Waals surface area contributed by atoms with Crippen LogP contribution in [-0.2, 0) is 4.79 Å². The van der Waals surface area contributed by atoms with Crippen molar-refractivity contribution >= 4 is 17.7 Å². The van der Waals surface area contributed by atoms with E-state index in [2.05, 4.69) is 20.4 Å². The minimum absolute atomic E-state index is 0.114. The van der Waals surface area contributed by atoms with Gasteiger partial charge >= 0.3 is 12.1 Å². The molecular weight excluding hydrogens is 515 g/mol. The molecule has 2 aliphatic rings. The average molecular weight is 546 g/mol. The van der Waals surface area contributed by atoms with Crippen molar-refractivity contribution in [1.82, 2.24) is 25.1 Å². The van der Waals surface area contributed by atoms with Crippen molar-refractivity contribution in [3.8, 4) is 11.6 Å². The van der Waals surface area contributed by atoms with Gasteiger partial charge in [0.1, 0.15) is 11.9 Å². The number of aryl methyl sites for hydroxylation is 2. The summed E-state index contributed by atoms with van der Waals surface area (Å²) in [6.07, 6.45) is -3.53. The van der Waals surface area contributed by atoms with Gasteiger partial charge in [-0.15, -0.1) is 0 Å². The van der Waals surface area contributed by atoms with Gasteiger partial charge in [0, 0.05) is 37.5 Å². The summed E-state index contributed by atoms with van der Waals surface area (Å²) in [6.45, 7) is 5.25. The molecule has 4 N–H and O–H groups in total. The van der Waals surface area contributed by atoms with Gasteiger partial charge in [-0.3, -0.25) is 4.79 Å². The van der Waals surface area contributed by atoms with E-state index in [1.54, 1.807) is 38.2 Å². The number of ether oxygens (including phenoxy) is 1. The third kappa shape index (κ3) is 5.63. The predicted molar refractivity (Wildman–Crippen MR) is 137 cm³/mol. The SMILES string of the molecule is Cc1ccc([C@@H](Oc2cc(N3CCC4(CC3)CN[C@H](C(=O)O)C4)nc(N)n2)C(F)(F)F)c(-n2ccc(C)n2)c1. The number of piperidine rings is 1. The first-order valence-corrected chi connectivity index (χ1v) is 12.6. The number of halogens is 3. The summed E-state index contributed by atoms with van der Waals surface area (Å²) in [4.78, 5) is 21.5.